The largest absolute Gasteiger partial charge is 0.383 e. The van der Waals surface area contributed by atoms with Crippen molar-refractivity contribution < 1.29 is 4.74 Å². The Morgan fingerprint density at radius 2 is 1.79 bits per heavy atom. The van der Waals surface area contributed by atoms with E-state index >= 15 is 0 Å². The number of fused-ring (bicyclic) bond motifs is 3. The van der Waals surface area contributed by atoms with Crippen molar-refractivity contribution >= 4 is 16.9 Å². The third-order valence-electron chi connectivity index (χ3n) is 5.12. The lowest BCUT2D eigenvalue weighted by Crippen LogP contribution is -2.39. The van der Waals surface area contributed by atoms with Crippen molar-refractivity contribution in [2.75, 3.05) is 13.7 Å². The maximum absolute atomic E-state index is 13.2. The number of hydrogen-bond donors (Lipinski definition) is 0. The second kappa shape index (κ2) is 6.79. The Morgan fingerprint density at radius 1 is 1.07 bits per heavy atom. The predicted molar refractivity (Wildman–Crippen MR) is 107 cm³/mol. The van der Waals surface area contributed by atoms with E-state index in [9.17, 15) is 9.59 Å². The molecule has 3 heterocycles. The molecule has 3 aromatic heterocycles. The number of ether oxygens (including phenoxy) is 1. The minimum atomic E-state index is -0.376. The summed E-state index contributed by atoms with van der Waals surface area (Å²) in [6, 6.07) is 7.81. The molecule has 0 bridgehead atoms. The molecule has 0 spiro atoms. The lowest BCUT2D eigenvalue weighted by atomic mass is 10.1. The summed E-state index contributed by atoms with van der Waals surface area (Å²) in [5, 5.41) is 0. The Kier molecular flexibility index (Phi) is 4.43. The van der Waals surface area contributed by atoms with E-state index in [-0.39, 0.29) is 17.8 Å². The highest BCUT2D eigenvalue weighted by Gasteiger charge is 2.20. The van der Waals surface area contributed by atoms with Crippen LogP contribution in [-0.4, -0.2) is 36.8 Å². The molecular weight excluding hydrogens is 358 g/mol. The van der Waals surface area contributed by atoms with Crippen LogP contribution in [0.1, 0.15) is 16.8 Å². The van der Waals surface area contributed by atoms with Crippen molar-refractivity contribution in [2.45, 2.75) is 26.9 Å². The fourth-order valence-electron chi connectivity index (χ4n) is 3.53. The number of benzene rings is 1. The number of rotatable bonds is 5. The molecule has 0 radical (unpaired) electrons. The Labute approximate surface area is 161 Å². The SMILES string of the molecule is COCCn1c(C)cn2c3c(=O)n(Cc4ccc(C)cc4)c(=O)n(C)c3nc12. The van der Waals surface area contributed by atoms with E-state index in [0.717, 1.165) is 16.8 Å². The number of methoxy groups -OCH3 is 1. The number of aryl methyl sites for hydroxylation is 3. The van der Waals surface area contributed by atoms with Gasteiger partial charge in [-0.25, -0.2) is 4.79 Å². The molecule has 0 aliphatic carbocycles. The lowest BCUT2D eigenvalue weighted by molar-refractivity contribution is 0.187. The van der Waals surface area contributed by atoms with Crippen LogP contribution in [0.4, 0.5) is 0 Å². The summed E-state index contributed by atoms with van der Waals surface area (Å²) in [6.07, 6.45) is 1.88. The topological polar surface area (TPSA) is 75.5 Å². The normalized spacial score (nSPS) is 11.7. The van der Waals surface area contributed by atoms with Crippen LogP contribution in [0.3, 0.4) is 0 Å². The van der Waals surface area contributed by atoms with Crippen LogP contribution in [0.5, 0.6) is 0 Å². The first-order valence-electron chi connectivity index (χ1n) is 9.14. The highest BCUT2D eigenvalue weighted by atomic mass is 16.5. The quantitative estimate of drug-likeness (QED) is 0.525. The minimum absolute atomic E-state index is 0.221. The number of imidazole rings is 2. The van der Waals surface area contributed by atoms with Crippen LogP contribution in [0.25, 0.3) is 16.9 Å². The van der Waals surface area contributed by atoms with Crippen molar-refractivity contribution in [1.29, 1.82) is 0 Å². The highest BCUT2D eigenvalue weighted by Crippen LogP contribution is 2.16. The van der Waals surface area contributed by atoms with Gasteiger partial charge in [-0.1, -0.05) is 29.8 Å². The zero-order valence-corrected chi connectivity index (χ0v) is 16.5. The monoisotopic (exact) mass is 381 g/mol. The van der Waals surface area contributed by atoms with Crippen molar-refractivity contribution in [3.63, 3.8) is 0 Å². The molecule has 0 aliphatic heterocycles. The van der Waals surface area contributed by atoms with E-state index in [2.05, 4.69) is 4.98 Å². The summed E-state index contributed by atoms with van der Waals surface area (Å²) in [5.74, 6) is 0.629. The fraction of sp³-hybridized carbons (Fsp3) is 0.350. The summed E-state index contributed by atoms with van der Waals surface area (Å²) in [4.78, 5) is 30.7. The maximum atomic E-state index is 13.2. The molecule has 28 heavy (non-hydrogen) atoms. The summed E-state index contributed by atoms with van der Waals surface area (Å²) < 4.78 is 11.6. The van der Waals surface area contributed by atoms with Crippen LogP contribution < -0.4 is 11.2 Å². The maximum Gasteiger partial charge on any atom is 0.332 e. The van der Waals surface area contributed by atoms with Gasteiger partial charge in [0.1, 0.15) is 0 Å². The van der Waals surface area contributed by atoms with E-state index in [4.69, 9.17) is 4.74 Å². The van der Waals surface area contributed by atoms with E-state index in [1.807, 2.05) is 48.9 Å². The molecule has 0 amide bonds. The predicted octanol–water partition coefficient (Wildman–Crippen LogP) is 1.46. The molecule has 1 aromatic carbocycles. The molecule has 8 nitrogen and oxygen atoms in total. The molecular formula is C20H23N5O3. The summed E-state index contributed by atoms with van der Waals surface area (Å²) in [7, 11) is 3.29. The van der Waals surface area contributed by atoms with E-state index in [0.29, 0.717) is 30.1 Å². The van der Waals surface area contributed by atoms with Crippen LogP contribution in [0, 0.1) is 13.8 Å². The number of aromatic nitrogens is 5. The number of nitrogens with zero attached hydrogens (tertiary/aromatic N) is 5. The van der Waals surface area contributed by atoms with Crippen LogP contribution in [0.2, 0.25) is 0 Å². The smallest absolute Gasteiger partial charge is 0.332 e. The summed E-state index contributed by atoms with van der Waals surface area (Å²) >= 11 is 0. The minimum Gasteiger partial charge on any atom is -0.383 e. The van der Waals surface area contributed by atoms with Gasteiger partial charge in [0.15, 0.2) is 11.2 Å². The molecule has 8 heteroatoms. The van der Waals surface area contributed by atoms with Gasteiger partial charge in [-0.2, -0.15) is 4.98 Å². The lowest BCUT2D eigenvalue weighted by Gasteiger charge is -2.08. The third-order valence-corrected chi connectivity index (χ3v) is 5.12. The van der Waals surface area contributed by atoms with Gasteiger partial charge in [-0.15, -0.1) is 0 Å². The van der Waals surface area contributed by atoms with Gasteiger partial charge >= 0.3 is 5.69 Å². The van der Waals surface area contributed by atoms with Crippen molar-refractivity contribution in [3.05, 3.63) is 68.1 Å². The molecule has 0 N–H and O–H groups in total. The van der Waals surface area contributed by atoms with Gasteiger partial charge in [0, 0.05) is 32.6 Å². The first-order valence-corrected chi connectivity index (χ1v) is 9.14. The van der Waals surface area contributed by atoms with Crippen LogP contribution in [0.15, 0.2) is 40.1 Å². The van der Waals surface area contributed by atoms with E-state index in [1.165, 1.54) is 9.13 Å². The highest BCUT2D eigenvalue weighted by molar-refractivity contribution is 5.75. The zero-order chi connectivity index (χ0) is 20.0. The summed E-state index contributed by atoms with van der Waals surface area (Å²) in [6.45, 7) is 5.33. The van der Waals surface area contributed by atoms with Gasteiger partial charge in [0.05, 0.1) is 13.2 Å². The Bertz CT molecular complexity index is 1290. The zero-order valence-electron chi connectivity index (χ0n) is 16.5. The van der Waals surface area contributed by atoms with Gasteiger partial charge in [0.25, 0.3) is 5.56 Å². The Hall–Kier alpha value is -3.13. The van der Waals surface area contributed by atoms with Gasteiger partial charge < -0.3 is 9.30 Å². The second-order valence-corrected chi connectivity index (χ2v) is 7.09. The van der Waals surface area contributed by atoms with Crippen molar-refractivity contribution in [2.24, 2.45) is 7.05 Å². The van der Waals surface area contributed by atoms with Gasteiger partial charge in [-0.05, 0) is 19.4 Å². The standard InChI is InChI=1S/C20H23N5O3/c1-13-5-7-15(8-6-13)12-25-18(26)16-17(22(3)20(25)27)21-19-23(9-10-28-4)14(2)11-24(16)19/h5-8,11H,9-10,12H2,1-4H3. The number of hydrogen-bond acceptors (Lipinski definition) is 4. The first-order chi connectivity index (χ1) is 13.4. The average Bonchev–Trinajstić information content (AvgIpc) is 3.18. The molecule has 0 saturated carbocycles. The van der Waals surface area contributed by atoms with E-state index in [1.54, 1.807) is 18.6 Å². The van der Waals surface area contributed by atoms with E-state index < -0.39 is 0 Å². The second-order valence-electron chi connectivity index (χ2n) is 7.09. The van der Waals surface area contributed by atoms with Gasteiger partial charge in [0.2, 0.25) is 5.78 Å². The van der Waals surface area contributed by atoms with Crippen molar-refractivity contribution in [3.8, 4) is 0 Å². The molecule has 0 unspecified atom stereocenters. The van der Waals surface area contributed by atoms with Crippen molar-refractivity contribution in [1.82, 2.24) is 23.1 Å². The van der Waals surface area contributed by atoms with Crippen LogP contribution >= 0.6 is 0 Å². The Morgan fingerprint density at radius 3 is 2.46 bits per heavy atom. The molecule has 0 atom stereocenters. The molecule has 146 valence electrons. The molecule has 0 saturated heterocycles. The molecule has 4 aromatic rings. The molecule has 0 aliphatic rings. The third kappa shape index (κ3) is 2.77. The molecule has 4 rings (SSSR count). The summed E-state index contributed by atoms with van der Waals surface area (Å²) in [5.41, 5.74) is 3.08. The fourth-order valence-corrected chi connectivity index (χ4v) is 3.53. The first kappa shape index (κ1) is 18.2. The molecule has 0 fully saturated rings. The Balaban J connectivity index is 1.95. The van der Waals surface area contributed by atoms with Crippen LogP contribution in [-0.2, 0) is 24.9 Å². The average molecular weight is 381 g/mol. The van der Waals surface area contributed by atoms with Gasteiger partial charge in [-0.3, -0.25) is 18.3 Å².